The molecule has 16 heavy (non-hydrogen) atoms. The molecule has 3 aromatic rings. The number of nitrogens with zero attached hydrogens (tertiary/aromatic N) is 1. The van der Waals surface area contributed by atoms with Gasteiger partial charge in [-0.1, -0.05) is 17.7 Å². The Bertz CT molecular complexity index is 625. The molecule has 1 aromatic heterocycles. The van der Waals surface area contributed by atoms with Crippen LogP contribution in [0, 0.1) is 6.92 Å². The topological polar surface area (TPSA) is 38.9 Å². The lowest BCUT2D eigenvalue weighted by Gasteiger charge is -2.03. The molecule has 0 unspecified atom stereocenters. The van der Waals surface area contributed by atoms with Crippen LogP contribution in [0.25, 0.3) is 21.8 Å². The number of nitrogens with two attached hydrogens (primary N) is 1. The highest BCUT2D eigenvalue weighted by Crippen LogP contribution is 2.22. The van der Waals surface area contributed by atoms with Crippen LogP contribution < -0.4 is 5.73 Å². The molecule has 0 amide bonds. The zero-order valence-corrected chi connectivity index (χ0v) is 9.07. The van der Waals surface area contributed by atoms with E-state index in [0.717, 1.165) is 22.1 Å². The van der Waals surface area contributed by atoms with Crippen molar-refractivity contribution in [1.29, 1.82) is 0 Å². The van der Waals surface area contributed by atoms with Gasteiger partial charge in [-0.05, 0) is 37.3 Å². The molecule has 0 radical (unpaired) electrons. The van der Waals surface area contributed by atoms with Gasteiger partial charge in [-0.15, -0.1) is 0 Å². The second-order valence-electron chi connectivity index (χ2n) is 4.14. The van der Waals surface area contributed by atoms with Gasteiger partial charge in [0, 0.05) is 16.5 Å². The maximum absolute atomic E-state index is 5.75. The zero-order valence-electron chi connectivity index (χ0n) is 9.07. The first-order valence-electron chi connectivity index (χ1n) is 5.29. The number of anilines is 1. The van der Waals surface area contributed by atoms with Gasteiger partial charge in [-0.25, -0.2) is 4.98 Å². The van der Waals surface area contributed by atoms with Crippen LogP contribution in [0.3, 0.4) is 0 Å². The molecule has 0 aliphatic rings. The number of rotatable bonds is 0. The number of fused-ring (bicyclic) bond motifs is 2. The van der Waals surface area contributed by atoms with Gasteiger partial charge in [0.15, 0.2) is 0 Å². The van der Waals surface area contributed by atoms with Crippen molar-refractivity contribution in [2.45, 2.75) is 6.92 Å². The van der Waals surface area contributed by atoms with E-state index in [4.69, 9.17) is 5.73 Å². The molecule has 78 valence electrons. The molecule has 2 aromatic carbocycles. The molecule has 2 heteroatoms. The Morgan fingerprint density at radius 1 is 0.875 bits per heavy atom. The van der Waals surface area contributed by atoms with Crippen LogP contribution in [0.15, 0.2) is 42.5 Å². The van der Waals surface area contributed by atoms with E-state index in [0.29, 0.717) is 0 Å². The normalized spacial score (nSPS) is 11.1. The molecule has 1 heterocycles. The number of aryl methyl sites for hydroxylation is 1. The molecule has 0 saturated carbocycles. The third-order valence-electron chi connectivity index (χ3n) is 2.79. The summed E-state index contributed by atoms with van der Waals surface area (Å²) < 4.78 is 0. The lowest BCUT2D eigenvalue weighted by Crippen LogP contribution is -1.87. The number of aromatic nitrogens is 1. The van der Waals surface area contributed by atoms with Crippen molar-refractivity contribution < 1.29 is 0 Å². The second kappa shape index (κ2) is 3.20. The fourth-order valence-corrected chi connectivity index (χ4v) is 1.97. The van der Waals surface area contributed by atoms with Crippen LogP contribution in [0.2, 0.25) is 0 Å². The number of benzene rings is 2. The molecule has 0 aliphatic heterocycles. The summed E-state index contributed by atoms with van der Waals surface area (Å²) in [7, 11) is 0. The van der Waals surface area contributed by atoms with Crippen LogP contribution in [-0.2, 0) is 0 Å². The van der Waals surface area contributed by atoms with Gasteiger partial charge in [0.05, 0.1) is 11.0 Å². The van der Waals surface area contributed by atoms with Crippen LogP contribution in [0.4, 0.5) is 5.69 Å². The highest BCUT2D eigenvalue weighted by molar-refractivity contribution is 5.93. The first-order chi connectivity index (χ1) is 7.72. The van der Waals surface area contributed by atoms with E-state index in [2.05, 4.69) is 30.1 Å². The number of nitrogen functional groups attached to an aromatic ring is 1. The Hall–Kier alpha value is -2.09. The minimum atomic E-state index is 0.756. The SMILES string of the molecule is Cc1ccc2nc3cc(N)ccc3cc2c1. The maximum Gasteiger partial charge on any atom is 0.0730 e. The predicted octanol–water partition coefficient (Wildman–Crippen LogP) is 3.28. The van der Waals surface area contributed by atoms with Crippen LogP contribution in [0.5, 0.6) is 0 Å². The van der Waals surface area contributed by atoms with E-state index in [9.17, 15) is 0 Å². The summed E-state index contributed by atoms with van der Waals surface area (Å²) in [4.78, 5) is 4.60. The highest BCUT2D eigenvalue weighted by Gasteiger charge is 2.00. The summed E-state index contributed by atoms with van der Waals surface area (Å²) in [5.74, 6) is 0. The molecule has 2 nitrogen and oxygen atoms in total. The van der Waals surface area contributed by atoms with Crippen molar-refractivity contribution >= 4 is 27.5 Å². The zero-order chi connectivity index (χ0) is 11.1. The summed E-state index contributed by atoms with van der Waals surface area (Å²) in [6.45, 7) is 2.09. The number of hydrogen-bond donors (Lipinski definition) is 1. The van der Waals surface area contributed by atoms with Crippen molar-refractivity contribution in [3.8, 4) is 0 Å². The Labute approximate surface area is 93.7 Å². The molecule has 3 rings (SSSR count). The fraction of sp³-hybridized carbons (Fsp3) is 0.0714. The Morgan fingerprint density at radius 2 is 1.75 bits per heavy atom. The lowest BCUT2D eigenvalue weighted by atomic mass is 10.1. The third kappa shape index (κ3) is 1.39. The molecule has 0 fully saturated rings. The summed E-state index contributed by atoms with van der Waals surface area (Å²) in [6, 6.07) is 14.3. The molecule has 0 saturated heterocycles. The third-order valence-corrected chi connectivity index (χ3v) is 2.79. The molecular formula is C14H12N2. The van der Waals surface area contributed by atoms with Gasteiger partial charge >= 0.3 is 0 Å². The Morgan fingerprint density at radius 3 is 2.62 bits per heavy atom. The molecule has 2 N–H and O–H groups in total. The van der Waals surface area contributed by atoms with Gasteiger partial charge in [-0.3, -0.25) is 0 Å². The van der Waals surface area contributed by atoms with Gasteiger partial charge in [0.25, 0.3) is 0 Å². The first-order valence-corrected chi connectivity index (χ1v) is 5.29. The molecule has 0 atom stereocenters. The van der Waals surface area contributed by atoms with E-state index in [1.165, 1.54) is 10.9 Å². The highest BCUT2D eigenvalue weighted by atomic mass is 14.7. The van der Waals surface area contributed by atoms with Crippen molar-refractivity contribution in [2.75, 3.05) is 5.73 Å². The van der Waals surface area contributed by atoms with E-state index in [1.807, 2.05) is 24.3 Å². The maximum atomic E-state index is 5.75. The number of hydrogen-bond acceptors (Lipinski definition) is 2. The van der Waals surface area contributed by atoms with Gasteiger partial charge in [0.1, 0.15) is 0 Å². The van der Waals surface area contributed by atoms with Gasteiger partial charge in [-0.2, -0.15) is 0 Å². The average molecular weight is 208 g/mol. The van der Waals surface area contributed by atoms with Crippen molar-refractivity contribution in [1.82, 2.24) is 4.98 Å². The van der Waals surface area contributed by atoms with Crippen molar-refractivity contribution in [3.63, 3.8) is 0 Å². The molecular weight excluding hydrogens is 196 g/mol. The van der Waals surface area contributed by atoms with E-state index in [1.54, 1.807) is 0 Å². The summed E-state index contributed by atoms with van der Waals surface area (Å²) in [5, 5.41) is 2.31. The van der Waals surface area contributed by atoms with Gasteiger partial charge < -0.3 is 5.73 Å². The summed E-state index contributed by atoms with van der Waals surface area (Å²) >= 11 is 0. The standard InChI is InChI=1S/C14H12N2/c1-9-2-5-13-11(6-9)7-10-3-4-12(15)8-14(10)16-13/h2-8H,15H2,1H3. The largest absolute Gasteiger partial charge is 0.399 e. The predicted molar refractivity (Wildman–Crippen MR) is 68.4 cm³/mol. The fourth-order valence-electron chi connectivity index (χ4n) is 1.97. The van der Waals surface area contributed by atoms with Gasteiger partial charge in [0.2, 0.25) is 0 Å². The van der Waals surface area contributed by atoms with Crippen molar-refractivity contribution in [3.05, 3.63) is 48.0 Å². The van der Waals surface area contributed by atoms with E-state index in [-0.39, 0.29) is 0 Å². The second-order valence-corrected chi connectivity index (χ2v) is 4.14. The minimum Gasteiger partial charge on any atom is -0.399 e. The average Bonchev–Trinajstić information content (AvgIpc) is 2.26. The molecule has 0 bridgehead atoms. The Kier molecular flexibility index (Phi) is 1.83. The molecule has 0 spiro atoms. The van der Waals surface area contributed by atoms with Crippen LogP contribution in [0.1, 0.15) is 5.56 Å². The quantitative estimate of drug-likeness (QED) is 0.455. The van der Waals surface area contributed by atoms with Crippen LogP contribution >= 0.6 is 0 Å². The molecule has 0 aliphatic carbocycles. The smallest absolute Gasteiger partial charge is 0.0730 e. The van der Waals surface area contributed by atoms with E-state index >= 15 is 0 Å². The minimum absolute atomic E-state index is 0.756. The van der Waals surface area contributed by atoms with E-state index < -0.39 is 0 Å². The summed E-state index contributed by atoms with van der Waals surface area (Å²) in [5.41, 5.74) is 9.73. The van der Waals surface area contributed by atoms with Crippen molar-refractivity contribution in [2.24, 2.45) is 0 Å². The monoisotopic (exact) mass is 208 g/mol. The van der Waals surface area contributed by atoms with Crippen LogP contribution in [-0.4, -0.2) is 4.98 Å². The summed E-state index contributed by atoms with van der Waals surface area (Å²) in [6.07, 6.45) is 0. The lowest BCUT2D eigenvalue weighted by molar-refractivity contribution is 1.45. The number of pyridine rings is 1. The first kappa shape index (κ1) is 9.16. The Balaban J connectivity index is 2.44.